The molecule has 21 heavy (non-hydrogen) atoms. The minimum absolute atomic E-state index is 0.00102. The molecule has 7 nitrogen and oxygen atoms in total. The van der Waals surface area contributed by atoms with Crippen LogP contribution in [-0.2, 0) is 19.8 Å². The first-order valence-electron chi connectivity index (χ1n) is 5.97. The van der Waals surface area contributed by atoms with Gasteiger partial charge in [-0.1, -0.05) is 0 Å². The lowest BCUT2D eigenvalue weighted by molar-refractivity contribution is 0.598. The Labute approximate surface area is 124 Å². The van der Waals surface area contributed by atoms with Crippen LogP contribution in [0.4, 0.5) is 11.4 Å². The largest absolute Gasteiger partial charge is 0.332 e. The molecule has 0 unspecified atom stereocenters. The van der Waals surface area contributed by atoms with E-state index in [9.17, 15) is 12.6 Å². The zero-order chi connectivity index (χ0) is 15.7. The first-order valence-corrected chi connectivity index (χ1v) is 9.79. The molecular formula is C12H16N4O3S2. The number of hydrogen-bond acceptors (Lipinski definition) is 5. The molecule has 0 atom stereocenters. The van der Waals surface area contributed by atoms with Gasteiger partial charge in [0.05, 0.1) is 11.9 Å². The van der Waals surface area contributed by atoms with E-state index in [0.717, 1.165) is 0 Å². The molecule has 114 valence electrons. The summed E-state index contributed by atoms with van der Waals surface area (Å²) in [6.45, 7) is 1.67. The highest BCUT2D eigenvalue weighted by molar-refractivity contribution is 7.92. The number of H-pyrrole nitrogens is 1. The van der Waals surface area contributed by atoms with Crippen molar-refractivity contribution in [3.63, 3.8) is 0 Å². The van der Waals surface area contributed by atoms with Crippen molar-refractivity contribution < 1.29 is 12.6 Å². The SMILES string of the molecule is Cc1ncc(S(=O)(=O)Nc2ccc(N=S(C)(C)=O)cc2)[nH]1. The maximum absolute atomic E-state index is 12.1. The second kappa shape index (κ2) is 5.49. The van der Waals surface area contributed by atoms with Crippen LogP contribution >= 0.6 is 0 Å². The van der Waals surface area contributed by atoms with Crippen molar-refractivity contribution >= 4 is 31.1 Å². The fourth-order valence-corrected chi connectivity index (χ4v) is 3.25. The summed E-state index contributed by atoms with van der Waals surface area (Å²) in [5.41, 5.74) is 0.922. The van der Waals surface area contributed by atoms with Gasteiger partial charge in [-0.15, -0.1) is 0 Å². The van der Waals surface area contributed by atoms with Crippen LogP contribution in [0.5, 0.6) is 0 Å². The van der Waals surface area contributed by atoms with Gasteiger partial charge in [0.25, 0.3) is 10.0 Å². The van der Waals surface area contributed by atoms with Crippen molar-refractivity contribution in [1.82, 2.24) is 9.97 Å². The highest BCUT2D eigenvalue weighted by Gasteiger charge is 2.16. The fraction of sp³-hybridized carbons (Fsp3) is 0.250. The minimum atomic E-state index is -3.70. The van der Waals surface area contributed by atoms with Crippen LogP contribution in [0, 0.1) is 6.92 Å². The number of rotatable bonds is 4. The first kappa shape index (κ1) is 15.5. The number of nitrogens with zero attached hydrogens (tertiary/aromatic N) is 2. The Morgan fingerprint density at radius 1 is 1.14 bits per heavy atom. The van der Waals surface area contributed by atoms with Gasteiger partial charge >= 0.3 is 0 Å². The van der Waals surface area contributed by atoms with Gasteiger partial charge in [-0.2, -0.15) is 12.8 Å². The normalized spacial score (nSPS) is 12.1. The number of sulfonamides is 1. The number of aromatic nitrogens is 2. The number of aryl methyl sites for hydroxylation is 1. The number of aromatic amines is 1. The van der Waals surface area contributed by atoms with Crippen molar-refractivity contribution in [3.05, 3.63) is 36.3 Å². The molecule has 0 saturated heterocycles. The number of hydrogen-bond donors (Lipinski definition) is 2. The molecule has 0 aliphatic rings. The molecule has 0 aliphatic heterocycles. The lowest BCUT2D eigenvalue weighted by atomic mass is 10.3. The second-order valence-electron chi connectivity index (χ2n) is 4.76. The van der Waals surface area contributed by atoms with Crippen molar-refractivity contribution in [2.45, 2.75) is 11.9 Å². The van der Waals surface area contributed by atoms with E-state index < -0.39 is 19.8 Å². The van der Waals surface area contributed by atoms with Crippen molar-refractivity contribution in [3.8, 4) is 0 Å². The molecule has 0 radical (unpaired) electrons. The molecule has 0 aliphatic carbocycles. The summed E-state index contributed by atoms with van der Waals surface area (Å²) in [7, 11) is -5.94. The maximum Gasteiger partial charge on any atom is 0.278 e. The molecule has 2 rings (SSSR count). The average Bonchev–Trinajstić information content (AvgIpc) is 2.77. The topological polar surface area (TPSA) is 104 Å². The molecule has 9 heteroatoms. The summed E-state index contributed by atoms with van der Waals surface area (Å²) in [5.74, 6) is 0.519. The molecule has 0 fully saturated rings. The Hall–Kier alpha value is -1.87. The summed E-state index contributed by atoms with van der Waals surface area (Å²) in [4.78, 5) is 6.52. The highest BCUT2D eigenvalue weighted by Crippen LogP contribution is 2.20. The smallest absolute Gasteiger partial charge is 0.278 e. The summed E-state index contributed by atoms with van der Waals surface area (Å²) in [6.07, 6.45) is 4.32. The lowest BCUT2D eigenvalue weighted by Gasteiger charge is -2.06. The van der Waals surface area contributed by atoms with Gasteiger partial charge in [-0.3, -0.25) is 4.72 Å². The van der Waals surface area contributed by atoms with Gasteiger partial charge in [0.15, 0.2) is 5.03 Å². The Bertz CT molecular complexity index is 852. The van der Waals surface area contributed by atoms with Crippen LogP contribution in [0.25, 0.3) is 0 Å². The van der Waals surface area contributed by atoms with E-state index in [0.29, 0.717) is 17.2 Å². The van der Waals surface area contributed by atoms with Gasteiger partial charge in [-0.25, -0.2) is 9.19 Å². The third kappa shape index (κ3) is 4.30. The Morgan fingerprint density at radius 3 is 2.24 bits per heavy atom. The van der Waals surface area contributed by atoms with Crippen molar-refractivity contribution in [2.75, 3.05) is 17.2 Å². The molecule has 0 spiro atoms. The molecule has 1 heterocycles. The number of imidazole rings is 1. The van der Waals surface area contributed by atoms with E-state index in [4.69, 9.17) is 0 Å². The number of benzene rings is 1. The molecule has 0 bridgehead atoms. The highest BCUT2D eigenvalue weighted by atomic mass is 32.2. The van der Waals surface area contributed by atoms with Crippen LogP contribution in [0.1, 0.15) is 5.82 Å². The summed E-state index contributed by atoms with van der Waals surface area (Å²) < 4.78 is 42.2. The molecule has 0 amide bonds. The van der Waals surface area contributed by atoms with Crippen LogP contribution in [-0.4, -0.2) is 35.1 Å². The van der Waals surface area contributed by atoms with E-state index >= 15 is 0 Å². The summed E-state index contributed by atoms with van der Waals surface area (Å²) in [5, 5.41) is -0.00102. The van der Waals surface area contributed by atoms with E-state index in [1.165, 1.54) is 18.7 Å². The van der Waals surface area contributed by atoms with Crippen LogP contribution in [0.3, 0.4) is 0 Å². The van der Waals surface area contributed by atoms with E-state index in [-0.39, 0.29) is 5.03 Å². The third-order valence-electron chi connectivity index (χ3n) is 2.41. The van der Waals surface area contributed by atoms with Crippen LogP contribution in [0.2, 0.25) is 0 Å². The van der Waals surface area contributed by atoms with Gasteiger partial charge in [0.1, 0.15) is 5.82 Å². The average molecular weight is 328 g/mol. The van der Waals surface area contributed by atoms with Gasteiger partial charge in [0, 0.05) is 27.9 Å². The van der Waals surface area contributed by atoms with E-state index in [2.05, 4.69) is 19.1 Å². The summed E-state index contributed by atoms with van der Waals surface area (Å²) in [6, 6.07) is 6.32. The monoisotopic (exact) mass is 328 g/mol. The van der Waals surface area contributed by atoms with Crippen LogP contribution < -0.4 is 4.72 Å². The van der Waals surface area contributed by atoms with Gasteiger partial charge < -0.3 is 4.98 Å². The zero-order valence-corrected chi connectivity index (χ0v) is 13.5. The molecule has 2 aromatic rings. The quantitative estimate of drug-likeness (QED) is 0.894. The standard InChI is InChI=1S/C12H16N4O3S2/c1-9-13-8-12(14-9)21(18,19)16-11-6-4-10(5-7-11)15-20(2,3)17/h4-8,16H,1-3H3,(H,13,14). The minimum Gasteiger partial charge on any atom is -0.332 e. The summed E-state index contributed by atoms with van der Waals surface area (Å²) >= 11 is 0. The van der Waals surface area contributed by atoms with Gasteiger partial charge in [-0.05, 0) is 31.2 Å². The molecule has 0 saturated carbocycles. The van der Waals surface area contributed by atoms with Crippen molar-refractivity contribution in [1.29, 1.82) is 0 Å². The lowest BCUT2D eigenvalue weighted by Crippen LogP contribution is -2.13. The van der Waals surface area contributed by atoms with Gasteiger partial charge in [0.2, 0.25) is 0 Å². The number of nitrogens with one attached hydrogen (secondary N) is 2. The molecular weight excluding hydrogens is 312 g/mol. The maximum atomic E-state index is 12.1. The van der Waals surface area contributed by atoms with E-state index in [1.54, 1.807) is 31.2 Å². The third-order valence-corrected chi connectivity index (χ3v) is 4.36. The zero-order valence-electron chi connectivity index (χ0n) is 11.8. The Morgan fingerprint density at radius 2 is 1.76 bits per heavy atom. The van der Waals surface area contributed by atoms with Crippen LogP contribution in [0.15, 0.2) is 39.9 Å². The predicted octanol–water partition coefficient (Wildman–Crippen LogP) is 1.88. The molecule has 2 N–H and O–H groups in total. The predicted molar refractivity (Wildman–Crippen MR) is 82.7 cm³/mol. The Balaban J connectivity index is 2.23. The second-order valence-corrected chi connectivity index (χ2v) is 8.95. The first-order chi connectivity index (χ1) is 9.66. The number of anilines is 1. The molecule has 1 aromatic heterocycles. The molecule has 1 aromatic carbocycles. The Kier molecular flexibility index (Phi) is 4.06. The van der Waals surface area contributed by atoms with Crippen molar-refractivity contribution in [2.24, 2.45) is 4.36 Å². The van der Waals surface area contributed by atoms with E-state index in [1.807, 2.05) is 0 Å². The fourth-order valence-electron chi connectivity index (χ4n) is 1.59.